The van der Waals surface area contributed by atoms with Crippen LogP contribution in [0.1, 0.15) is 18.5 Å². The number of benzene rings is 1. The fourth-order valence-corrected chi connectivity index (χ4v) is 2.96. The minimum atomic E-state index is 0.295. The van der Waals surface area contributed by atoms with Crippen LogP contribution < -0.4 is 9.47 Å². The smallest absolute Gasteiger partial charge is 0.119 e. The lowest BCUT2D eigenvalue weighted by Crippen LogP contribution is -2.37. The van der Waals surface area contributed by atoms with E-state index in [1.807, 2.05) is 29.6 Å². The zero-order valence-electron chi connectivity index (χ0n) is 12.1. The maximum absolute atomic E-state index is 6.03. The molecule has 21 heavy (non-hydrogen) atoms. The Morgan fingerprint density at radius 1 is 1.19 bits per heavy atom. The molecule has 0 saturated carbocycles. The van der Waals surface area contributed by atoms with Gasteiger partial charge in [-0.05, 0) is 48.6 Å². The van der Waals surface area contributed by atoms with Gasteiger partial charge >= 0.3 is 0 Å². The molecule has 1 saturated heterocycles. The Labute approximate surface area is 128 Å². The Morgan fingerprint density at radius 2 is 1.90 bits per heavy atom. The number of piperidine rings is 1. The summed E-state index contributed by atoms with van der Waals surface area (Å²) in [6.07, 6.45) is 2.39. The van der Waals surface area contributed by atoms with Crippen LogP contribution in [0.4, 0.5) is 0 Å². The van der Waals surface area contributed by atoms with E-state index >= 15 is 0 Å². The topological polar surface area (TPSA) is 47.5 Å². The fraction of sp³-hybridized carbons (Fsp3) is 0.467. The molecule has 1 aromatic heterocycles. The second kappa shape index (κ2) is 6.87. The first kappa shape index (κ1) is 14.3. The third-order valence-electron chi connectivity index (χ3n) is 3.69. The van der Waals surface area contributed by atoms with E-state index in [0.29, 0.717) is 6.10 Å². The van der Waals surface area contributed by atoms with E-state index in [1.165, 1.54) is 11.5 Å². The van der Waals surface area contributed by atoms with Gasteiger partial charge in [-0.1, -0.05) is 4.49 Å². The first-order valence-corrected chi connectivity index (χ1v) is 7.96. The molecule has 0 bridgehead atoms. The van der Waals surface area contributed by atoms with Gasteiger partial charge in [0.1, 0.15) is 17.6 Å². The van der Waals surface area contributed by atoms with Crippen molar-refractivity contribution in [1.29, 1.82) is 0 Å². The molecule has 5 nitrogen and oxygen atoms in total. The first-order valence-electron chi connectivity index (χ1n) is 7.12. The first-order chi connectivity index (χ1) is 10.3. The van der Waals surface area contributed by atoms with Crippen molar-refractivity contribution in [3.05, 3.63) is 35.3 Å². The Bertz CT molecular complexity index is 537. The van der Waals surface area contributed by atoms with E-state index in [2.05, 4.69) is 14.5 Å². The lowest BCUT2D eigenvalue weighted by Gasteiger charge is -2.31. The van der Waals surface area contributed by atoms with E-state index < -0.39 is 0 Å². The van der Waals surface area contributed by atoms with E-state index in [-0.39, 0.29) is 0 Å². The summed E-state index contributed by atoms with van der Waals surface area (Å²) in [4.78, 5) is 2.41. The minimum absolute atomic E-state index is 0.295. The zero-order chi connectivity index (χ0) is 14.5. The lowest BCUT2D eigenvalue weighted by molar-refractivity contribution is 0.0961. The maximum Gasteiger partial charge on any atom is 0.119 e. The van der Waals surface area contributed by atoms with Crippen LogP contribution in [0.25, 0.3) is 0 Å². The van der Waals surface area contributed by atoms with Gasteiger partial charge in [0.25, 0.3) is 0 Å². The van der Waals surface area contributed by atoms with Gasteiger partial charge in [-0.25, -0.2) is 0 Å². The standard InChI is InChI=1S/C15H19N3O2S/c1-19-13-2-4-14(5-3-13)20-15-6-8-18(9-7-15)10-12-11-21-17-16-12/h2-5,11,15H,6-10H2,1H3. The normalized spacial score (nSPS) is 16.8. The highest BCUT2D eigenvalue weighted by Crippen LogP contribution is 2.22. The van der Waals surface area contributed by atoms with E-state index in [0.717, 1.165) is 49.7 Å². The third kappa shape index (κ3) is 3.92. The molecule has 0 radical (unpaired) electrons. The SMILES string of the molecule is COc1ccc(OC2CCN(Cc3csnn3)CC2)cc1. The van der Waals surface area contributed by atoms with Crippen LogP contribution in [0, 0.1) is 0 Å². The number of rotatable bonds is 5. The third-order valence-corrected chi connectivity index (χ3v) is 4.24. The van der Waals surface area contributed by atoms with Crippen molar-refractivity contribution in [2.75, 3.05) is 20.2 Å². The Morgan fingerprint density at radius 3 is 2.52 bits per heavy atom. The van der Waals surface area contributed by atoms with Crippen molar-refractivity contribution in [2.24, 2.45) is 0 Å². The van der Waals surface area contributed by atoms with Gasteiger partial charge in [-0.2, -0.15) is 0 Å². The van der Waals surface area contributed by atoms with Gasteiger partial charge in [-0.15, -0.1) is 5.10 Å². The molecule has 2 aromatic rings. The van der Waals surface area contributed by atoms with E-state index in [9.17, 15) is 0 Å². The molecule has 6 heteroatoms. The van der Waals surface area contributed by atoms with Crippen molar-refractivity contribution < 1.29 is 9.47 Å². The molecule has 0 amide bonds. The van der Waals surface area contributed by atoms with Crippen LogP contribution in [-0.2, 0) is 6.54 Å². The molecule has 0 aliphatic carbocycles. The predicted octanol–water partition coefficient (Wildman–Crippen LogP) is 2.59. The molecule has 0 unspecified atom stereocenters. The Kier molecular flexibility index (Phi) is 4.67. The van der Waals surface area contributed by atoms with Crippen molar-refractivity contribution in [3.63, 3.8) is 0 Å². The quantitative estimate of drug-likeness (QED) is 0.850. The van der Waals surface area contributed by atoms with Crippen LogP contribution in [0.2, 0.25) is 0 Å². The lowest BCUT2D eigenvalue weighted by atomic mass is 10.1. The molecule has 3 rings (SSSR count). The number of methoxy groups -OCH3 is 1. The van der Waals surface area contributed by atoms with Gasteiger partial charge in [-0.3, -0.25) is 4.90 Å². The molecule has 1 aliphatic heterocycles. The highest BCUT2D eigenvalue weighted by atomic mass is 32.1. The van der Waals surface area contributed by atoms with Crippen LogP contribution in [0.15, 0.2) is 29.6 Å². The number of ether oxygens (including phenoxy) is 2. The highest BCUT2D eigenvalue weighted by molar-refractivity contribution is 7.03. The number of hydrogen-bond acceptors (Lipinski definition) is 6. The van der Waals surface area contributed by atoms with Gasteiger partial charge in [0, 0.05) is 25.0 Å². The molecule has 0 N–H and O–H groups in total. The Balaban J connectivity index is 1.46. The fourth-order valence-electron chi connectivity index (χ4n) is 2.51. The molecule has 1 aliphatic rings. The molecule has 1 fully saturated rings. The van der Waals surface area contributed by atoms with Gasteiger partial charge < -0.3 is 9.47 Å². The second-order valence-electron chi connectivity index (χ2n) is 5.17. The molecule has 0 atom stereocenters. The summed E-state index contributed by atoms with van der Waals surface area (Å²) in [6, 6.07) is 7.79. The van der Waals surface area contributed by atoms with Gasteiger partial charge in [0.2, 0.25) is 0 Å². The molecule has 2 heterocycles. The summed E-state index contributed by atoms with van der Waals surface area (Å²) < 4.78 is 15.1. The summed E-state index contributed by atoms with van der Waals surface area (Å²) in [6.45, 7) is 2.97. The number of likely N-dealkylation sites (tertiary alicyclic amines) is 1. The van der Waals surface area contributed by atoms with Crippen molar-refractivity contribution >= 4 is 11.5 Å². The Hall–Kier alpha value is -1.66. The van der Waals surface area contributed by atoms with Crippen molar-refractivity contribution in [2.45, 2.75) is 25.5 Å². The largest absolute Gasteiger partial charge is 0.497 e. The second-order valence-corrected chi connectivity index (χ2v) is 5.77. The molecule has 0 spiro atoms. The maximum atomic E-state index is 6.03. The minimum Gasteiger partial charge on any atom is -0.497 e. The summed E-state index contributed by atoms with van der Waals surface area (Å²) in [5.41, 5.74) is 1.06. The number of nitrogens with zero attached hydrogens (tertiary/aromatic N) is 3. The average Bonchev–Trinajstić information content (AvgIpc) is 3.03. The summed E-state index contributed by atoms with van der Waals surface area (Å²) in [5, 5.41) is 6.11. The van der Waals surface area contributed by atoms with E-state index in [4.69, 9.17) is 9.47 Å². The molecular formula is C15H19N3O2S. The number of hydrogen-bond donors (Lipinski definition) is 0. The zero-order valence-corrected chi connectivity index (χ0v) is 12.9. The summed E-state index contributed by atoms with van der Waals surface area (Å²) >= 11 is 1.41. The van der Waals surface area contributed by atoms with Crippen LogP contribution in [-0.4, -0.2) is 40.8 Å². The van der Waals surface area contributed by atoms with Crippen LogP contribution >= 0.6 is 11.5 Å². The monoisotopic (exact) mass is 305 g/mol. The average molecular weight is 305 g/mol. The van der Waals surface area contributed by atoms with Crippen molar-refractivity contribution in [3.8, 4) is 11.5 Å². The summed E-state index contributed by atoms with van der Waals surface area (Å²) in [7, 11) is 1.67. The molecule has 112 valence electrons. The molecule has 1 aromatic carbocycles. The van der Waals surface area contributed by atoms with Gasteiger partial charge in [0.15, 0.2) is 0 Å². The van der Waals surface area contributed by atoms with E-state index in [1.54, 1.807) is 7.11 Å². The summed E-state index contributed by atoms with van der Waals surface area (Å²) in [5.74, 6) is 1.77. The van der Waals surface area contributed by atoms with Crippen LogP contribution in [0.5, 0.6) is 11.5 Å². The highest BCUT2D eigenvalue weighted by Gasteiger charge is 2.21. The van der Waals surface area contributed by atoms with Crippen molar-refractivity contribution in [1.82, 2.24) is 14.5 Å². The van der Waals surface area contributed by atoms with Gasteiger partial charge in [0.05, 0.1) is 12.8 Å². The predicted molar refractivity (Wildman–Crippen MR) is 81.8 cm³/mol. The number of aromatic nitrogens is 2. The molecular weight excluding hydrogens is 286 g/mol. The van der Waals surface area contributed by atoms with Crippen LogP contribution in [0.3, 0.4) is 0 Å².